The van der Waals surface area contributed by atoms with Crippen LogP contribution in [0.2, 0.25) is 0 Å². The molecular formula is C12H15FN2O2S. The Labute approximate surface area is 110 Å². The van der Waals surface area contributed by atoms with Crippen LogP contribution in [0.4, 0.5) is 4.39 Å². The van der Waals surface area contributed by atoms with Crippen LogP contribution < -0.4 is 15.8 Å². The van der Waals surface area contributed by atoms with E-state index in [-0.39, 0.29) is 11.6 Å². The molecule has 0 bridgehead atoms. The first-order chi connectivity index (χ1) is 8.43. The third kappa shape index (κ3) is 3.96. The Balaban J connectivity index is 2.75. The number of hydrogen-bond donors (Lipinski definition) is 2. The van der Waals surface area contributed by atoms with Crippen molar-refractivity contribution in [1.82, 2.24) is 5.32 Å². The molecule has 18 heavy (non-hydrogen) atoms. The van der Waals surface area contributed by atoms with E-state index in [0.717, 1.165) is 6.07 Å². The van der Waals surface area contributed by atoms with Gasteiger partial charge in [0.15, 0.2) is 0 Å². The van der Waals surface area contributed by atoms with Gasteiger partial charge in [0.05, 0.1) is 17.7 Å². The second kappa shape index (κ2) is 6.30. The van der Waals surface area contributed by atoms with Crippen LogP contribution in [0, 0.1) is 5.82 Å². The van der Waals surface area contributed by atoms with Crippen LogP contribution in [0.3, 0.4) is 0 Å². The highest BCUT2D eigenvalue weighted by Crippen LogP contribution is 2.16. The van der Waals surface area contributed by atoms with Gasteiger partial charge < -0.3 is 15.8 Å². The van der Waals surface area contributed by atoms with Crippen LogP contribution in [0.1, 0.15) is 23.7 Å². The molecule has 1 unspecified atom stereocenters. The molecule has 6 heteroatoms. The van der Waals surface area contributed by atoms with E-state index in [0.29, 0.717) is 17.2 Å². The van der Waals surface area contributed by atoms with Crippen molar-refractivity contribution in [1.29, 1.82) is 0 Å². The summed E-state index contributed by atoms with van der Waals surface area (Å²) in [5.41, 5.74) is 5.33. The lowest BCUT2D eigenvalue weighted by Crippen LogP contribution is -2.35. The second-order valence-electron chi connectivity index (χ2n) is 3.89. The van der Waals surface area contributed by atoms with Crippen molar-refractivity contribution in [2.24, 2.45) is 5.73 Å². The number of ether oxygens (including phenoxy) is 1. The van der Waals surface area contributed by atoms with Gasteiger partial charge in [0, 0.05) is 18.5 Å². The van der Waals surface area contributed by atoms with Crippen LogP contribution in [0.15, 0.2) is 18.2 Å². The Bertz CT molecular complexity index is 465. The third-order valence-electron chi connectivity index (χ3n) is 2.31. The lowest BCUT2D eigenvalue weighted by Gasteiger charge is -2.13. The fraction of sp³-hybridized carbons (Fsp3) is 0.333. The molecule has 0 spiro atoms. The number of carbonyl (C=O) groups is 1. The highest BCUT2D eigenvalue weighted by molar-refractivity contribution is 7.80. The summed E-state index contributed by atoms with van der Waals surface area (Å²) in [6, 6.07) is 3.82. The minimum atomic E-state index is -0.630. The minimum absolute atomic E-state index is 0.0365. The lowest BCUT2D eigenvalue weighted by atomic mass is 10.1. The van der Waals surface area contributed by atoms with Crippen molar-refractivity contribution in [3.05, 3.63) is 29.6 Å². The van der Waals surface area contributed by atoms with Gasteiger partial charge in [0.1, 0.15) is 11.6 Å². The molecule has 98 valence electrons. The van der Waals surface area contributed by atoms with E-state index in [2.05, 4.69) is 5.32 Å². The first-order valence-electron chi connectivity index (χ1n) is 5.36. The summed E-state index contributed by atoms with van der Waals surface area (Å²) in [5.74, 6) is -0.770. The average Bonchev–Trinajstić information content (AvgIpc) is 2.27. The maximum Gasteiger partial charge on any atom is 0.254 e. The zero-order valence-electron chi connectivity index (χ0n) is 10.2. The Hall–Kier alpha value is -1.69. The number of nitrogens with two attached hydrogens (primary N) is 1. The predicted octanol–water partition coefficient (Wildman–Crippen LogP) is 1.63. The summed E-state index contributed by atoms with van der Waals surface area (Å²) in [6.07, 6.45) is 0.374. The largest absolute Gasteiger partial charge is 0.497 e. The van der Waals surface area contributed by atoms with Gasteiger partial charge in [0.2, 0.25) is 0 Å². The minimum Gasteiger partial charge on any atom is -0.497 e. The van der Waals surface area contributed by atoms with E-state index < -0.39 is 11.7 Å². The Morgan fingerprint density at radius 1 is 1.61 bits per heavy atom. The quantitative estimate of drug-likeness (QED) is 0.798. The van der Waals surface area contributed by atoms with E-state index in [1.54, 1.807) is 6.92 Å². The number of rotatable bonds is 5. The van der Waals surface area contributed by atoms with Gasteiger partial charge in [-0.05, 0) is 19.1 Å². The number of hydrogen-bond acceptors (Lipinski definition) is 3. The maximum absolute atomic E-state index is 13.6. The standard InChI is InChI=1S/C12H15FN2O2S/c1-7(5-11(14)18)15-12(16)9-4-3-8(17-2)6-10(9)13/h3-4,6-7H,5H2,1-2H3,(H2,14,18)(H,15,16). The molecule has 0 aromatic heterocycles. The van der Waals surface area contributed by atoms with Crippen molar-refractivity contribution in [2.75, 3.05) is 7.11 Å². The molecule has 0 saturated heterocycles. The van der Waals surface area contributed by atoms with E-state index in [4.69, 9.17) is 22.7 Å². The third-order valence-corrected chi connectivity index (χ3v) is 2.47. The molecule has 1 rings (SSSR count). The number of thiocarbonyl (C=S) groups is 1. The van der Waals surface area contributed by atoms with Gasteiger partial charge in [0.25, 0.3) is 5.91 Å². The zero-order valence-corrected chi connectivity index (χ0v) is 11.0. The summed E-state index contributed by atoms with van der Waals surface area (Å²) in [7, 11) is 1.43. The summed E-state index contributed by atoms with van der Waals surface area (Å²) in [4.78, 5) is 12.1. The number of amides is 1. The van der Waals surface area contributed by atoms with Crippen LogP contribution in [0.5, 0.6) is 5.75 Å². The van der Waals surface area contributed by atoms with Crippen molar-refractivity contribution in [3.63, 3.8) is 0 Å². The molecule has 3 N–H and O–H groups in total. The van der Waals surface area contributed by atoms with E-state index in [1.165, 1.54) is 19.2 Å². The molecule has 0 heterocycles. The SMILES string of the molecule is COc1ccc(C(=O)NC(C)CC(N)=S)c(F)c1. The van der Waals surface area contributed by atoms with Crippen molar-refractivity contribution < 1.29 is 13.9 Å². The van der Waals surface area contributed by atoms with Gasteiger partial charge in [-0.25, -0.2) is 4.39 Å². The molecule has 0 aliphatic carbocycles. The number of nitrogens with one attached hydrogen (secondary N) is 1. The lowest BCUT2D eigenvalue weighted by molar-refractivity contribution is 0.0937. The van der Waals surface area contributed by atoms with Crippen molar-refractivity contribution in [3.8, 4) is 5.75 Å². The number of carbonyl (C=O) groups excluding carboxylic acids is 1. The first kappa shape index (κ1) is 14.4. The highest BCUT2D eigenvalue weighted by atomic mass is 32.1. The second-order valence-corrected chi connectivity index (χ2v) is 4.42. The smallest absolute Gasteiger partial charge is 0.254 e. The van der Waals surface area contributed by atoms with Crippen LogP contribution >= 0.6 is 12.2 Å². The van der Waals surface area contributed by atoms with Gasteiger partial charge >= 0.3 is 0 Å². The van der Waals surface area contributed by atoms with Crippen LogP contribution in [-0.4, -0.2) is 24.0 Å². The summed E-state index contributed by atoms with van der Waals surface area (Å²) in [5, 5.41) is 2.62. The zero-order chi connectivity index (χ0) is 13.7. The molecule has 1 atom stereocenters. The predicted molar refractivity (Wildman–Crippen MR) is 71.3 cm³/mol. The Kier molecular flexibility index (Phi) is 5.03. The molecule has 1 aromatic rings. The first-order valence-corrected chi connectivity index (χ1v) is 5.77. The Morgan fingerprint density at radius 3 is 2.78 bits per heavy atom. The Morgan fingerprint density at radius 2 is 2.28 bits per heavy atom. The van der Waals surface area contributed by atoms with Gasteiger partial charge in [-0.1, -0.05) is 12.2 Å². The van der Waals surface area contributed by atoms with Crippen LogP contribution in [-0.2, 0) is 0 Å². The summed E-state index contributed by atoms with van der Waals surface area (Å²) < 4.78 is 18.5. The molecule has 0 fully saturated rings. The molecule has 1 aromatic carbocycles. The van der Waals surface area contributed by atoms with Crippen LogP contribution in [0.25, 0.3) is 0 Å². The van der Waals surface area contributed by atoms with Gasteiger partial charge in [-0.3, -0.25) is 4.79 Å². The topological polar surface area (TPSA) is 64.3 Å². The number of methoxy groups -OCH3 is 1. The fourth-order valence-electron chi connectivity index (χ4n) is 1.46. The molecule has 0 aliphatic heterocycles. The monoisotopic (exact) mass is 270 g/mol. The van der Waals surface area contributed by atoms with Gasteiger partial charge in [-0.2, -0.15) is 0 Å². The molecule has 1 amide bonds. The maximum atomic E-state index is 13.6. The fourth-order valence-corrected chi connectivity index (χ4v) is 1.71. The average molecular weight is 270 g/mol. The molecule has 4 nitrogen and oxygen atoms in total. The molecule has 0 saturated carbocycles. The van der Waals surface area contributed by atoms with Gasteiger partial charge in [-0.15, -0.1) is 0 Å². The van der Waals surface area contributed by atoms with E-state index >= 15 is 0 Å². The molecular weight excluding hydrogens is 255 g/mol. The normalized spacial score (nSPS) is 11.7. The molecule has 0 radical (unpaired) electrons. The highest BCUT2D eigenvalue weighted by Gasteiger charge is 2.15. The summed E-state index contributed by atoms with van der Waals surface area (Å²) >= 11 is 4.74. The molecule has 0 aliphatic rings. The number of halogens is 1. The van der Waals surface area contributed by atoms with E-state index in [9.17, 15) is 9.18 Å². The van der Waals surface area contributed by atoms with Crippen molar-refractivity contribution in [2.45, 2.75) is 19.4 Å². The summed E-state index contributed by atoms with van der Waals surface area (Å²) in [6.45, 7) is 1.75. The number of benzene rings is 1. The van der Waals surface area contributed by atoms with E-state index in [1.807, 2.05) is 0 Å². The van der Waals surface area contributed by atoms with Crippen molar-refractivity contribution >= 4 is 23.1 Å².